The molecule has 0 rings (SSSR count). The summed E-state index contributed by atoms with van der Waals surface area (Å²) in [5.74, 6) is -0.000718. The first-order valence-corrected chi connectivity index (χ1v) is 3.49. The van der Waals surface area contributed by atoms with Crippen LogP contribution in [0, 0.1) is 17.2 Å². The Labute approximate surface area is 62.8 Å². The average molecular weight is 141 g/mol. The molecule has 0 N–H and O–H groups in total. The Morgan fingerprint density at radius 1 is 1.50 bits per heavy atom. The van der Waals surface area contributed by atoms with Gasteiger partial charge in [-0.15, -0.1) is 0 Å². The first-order valence-electron chi connectivity index (χ1n) is 3.49. The van der Waals surface area contributed by atoms with Gasteiger partial charge in [0.1, 0.15) is 0 Å². The minimum atomic E-state index is -0.120. The second-order valence-electron chi connectivity index (χ2n) is 3.45. The Bertz CT molecular complexity index is 129. The van der Waals surface area contributed by atoms with Crippen LogP contribution in [0.4, 0.5) is 0 Å². The Balaban J connectivity index is 3.48. The first kappa shape index (κ1) is 9.45. The summed E-state index contributed by atoms with van der Waals surface area (Å²) in [4.78, 5) is 0. The average Bonchev–Trinajstić information content (AvgIpc) is 1.81. The van der Waals surface area contributed by atoms with Crippen LogP contribution in [0.1, 0.15) is 27.7 Å². The summed E-state index contributed by atoms with van der Waals surface area (Å²) in [6, 6.07) is 2.11. The lowest BCUT2D eigenvalue weighted by Gasteiger charge is -2.19. The fourth-order valence-corrected chi connectivity index (χ4v) is 0.412. The van der Waals surface area contributed by atoms with Crippen molar-refractivity contribution in [3.05, 3.63) is 0 Å². The zero-order valence-electron chi connectivity index (χ0n) is 7.14. The number of nitriles is 1. The van der Waals surface area contributed by atoms with Crippen LogP contribution in [-0.2, 0) is 4.74 Å². The van der Waals surface area contributed by atoms with Gasteiger partial charge in [-0.1, -0.05) is 0 Å². The van der Waals surface area contributed by atoms with E-state index in [9.17, 15) is 0 Å². The third-order valence-electron chi connectivity index (χ3n) is 0.987. The standard InChI is InChI=1S/C8H15NO/c1-7(5-9)6-10-8(2,3)4/h7H,6H2,1-4H3. The van der Waals surface area contributed by atoms with Gasteiger partial charge in [-0.2, -0.15) is 5.26 Å². The lowest BCUT2D eigenvalue weighted by Crippen LogP contribution is -2.22. The SMILES string of the molecule is CC(C#N)COC(C)(C)C. The summed E-state index contributed by atoms with van der Waals surface area (Å²) in [6.45, 7) is 8.33. The molecule has 0 saturated heterocycles. The van der Waals surface area contributed by atoms with Crippen molar-refractivity contribution < 1.29 is 4.74 Å². The normalized spacial score (nSPS) is 14.3. The van der Waals surface area contributed by atoms with Crippen LogP contribution in [0.25, 0.3) is 0 Å². The van der Waals surface area contributed by atoms with Crippen molar-refractivity contribution in [2.24, 2.45) is 5.92 Å². The molecule has 0 aromatic carbocycles. The summed E-state index contributed by atoms with van der Waals surface area (Å²) in [6.07, 6.45) is 0. The number of rotatable bonds is 2. The van der Waals surface area contributed by atoms with Gasteiger partial charge in [0.25, 0.3) is 0 Å². The molecule has 0 saturated carbocycles. The number of hydrogen-bond donors (Lipinski definition) is 0. The van der Waals surface area contributed by atoms with E-state index in [-0.39, 0.29) is 11.5 Å². The molecule has 0 aliphatic rings. The largest absolute Gasteiger partial charge is 0.375 e. The molecular weight excluding hydrogens is 126 g/mol. The molecule has 0 bridgehead atoms. The summed E-state index contributed by atoms with van der Waals surface area (Å²) in [5, 5.41) is 8.40. The smallest absolute Gasteiger partial charge is 0.0677 e. The molecule has 0 aliphatic carbocycles. The molecule has 0 fully saturated rings. The van der Waals surface area contributed by atoms with Crippen molar-refractivity contribution in [3.63, 3.8) is 0 Å². The predicted molar refractivity (Wildman–Crippen MR) is 40.5 cm³/mol. The Hall–Kier alpha value is -0.550. The molecule has 0 aromatic heterocycles. The van der Waals surface area contributed by atoms with Gasteiger partial charge in [-0.05, 0) is 27.7 Å². The van der Waals surface area contributed by atoms with Crippen molar-refractivity contribution in [1.29, 1.82) is 5.26 Å². The molecule has 58 valence electrons. The molecule has 0 aromatic rings. The lowest BCUT2D eigenvalue weighted by molar-refractivity contribution is -0.0120. The molecule has 0 radical (unpaired) electrons. The van der Waals surface area contributed by atoms with Gasteiger partial charge in [0.15, 0.2) is 0 Å². The summed E-state index contributed by atoms with van der Waals surface area (Å²) < 4.78 is 5.36. The van der Waals surface area contributed by atoms with Crippen LogP contribution in [0.2, 0.25) is 0 Å². The fourth-order valence-electron chi connectivity index (χ4n) is 0.412. The van der Waals surface area contributed by atoms with Crippen LogP contribution in [0.3, 0.4) is 0 Å². The van der Waals surface area contributed by atoms with Gasteiger partial charge in [0.2, 0.25) is 0 Å². The molecular formula is C8H15NO. The molecule has 10 heavy (non-hydrogen) atoms. The Kier molecular flexibility index (Phi) is 3.38. The maximum atomic E-state index is 8.40. The van der Waals surface area contributed by atoms with Crippen LogP contribution in [-0.4, -0.2) is 12.2 Å². The van der Waals surface area contributed by atoms with Crippen molar-refractivity contribution in [2.75, 3.05) is 6.61 Å². The molecule has 2 heteroatoms. The molecule has 0 aliphatic heterocycles. The van der Waals surface area contributed by atoms with Gasteiger partial charge in [0.05, 0.1) is 24.2 Å². The fraction of sp³-hybridized carbons (Fsp3) is 0.875. The van der Waals surface area contributed by atoms with Crippen LogP contribution < -0.4 is 0 Å². The summed E-state index contributed by atoms with van der Waals surface area (Å²) in [5.41, 5.74) is -0.120. The van der Waals surface area contributed by atoms with Crippen LogP contribution in [0.5, 0.6) is 0 Å². The van der Waals surface area contributed by atoms with E-state index in [4.69, 9.17) is 10.00 Å². The molecule has 0 amide bonds. The Morgan fingerprint density at radius 3 is 2.30 bits per heavy atom. The van der Waals surface area contributed by atoms with Crippen molar-refractivity contribution in [1.82, 2.24) is 0 Å². The first-order chi connectivity index (χ1) is 4.45. The second-order valence-corrected chi connectivity index (χ2v) is 3.45. The van der Waals surface area contributed by atoms with E-state index in [0.29, 0.717) is 6.61 Å². The molecule has 2 nitrogen and oxygen atoms in total. The lowest BCUT2D eigenvalue weighted by atomic mass is 10.2. The van der Waals surface area contributed by atoms with Crippen molar-refractivity contribution in [3.8, 4) is 6.07 Å². The molecule has 1 unspecified atom stereocenters. The minimum absolute atomic E-state index is 0.000718. The van der Waals surface area contributed by atoms with Crippen molar-refractivity contribution >= 4 is 0 Å². The van der Waals surface area contributed by atoms with Crippen LogP contribution in [0.15, 0.2) is 0 Å². The highest BCUT2D eigenvalue weighted by Gasteiger charge is 2.11. The van der Waals surface area contributed by atoms with E-state index in [1.165, 1.54) is 0 Å². The topological polar surface area (TPSA) is 33.0 Å². The maximum absolute atomic E-state index is 8.40. The minimum Gasteiger partial charge on any atom is -0.375 e. The van der Waals surface area contributed by atoms with E-state index in [1.807, 2.05) is 27.7 Å². The van der Waals surface area contributed by atoms with E-state index in [1.54, 1.807) is 0 Å². The zero-order chi connectivity index (χ0) is 8.20. The predicted octanol–water partition coefficient (Wildman–Crippen LogP) is 1.96. The zero-order valence-corrected chi connectivity index (χ0v) is 7.14. The monoisotopic (exact) mass is 141 g/mol. The number of hydrogen-bond acceptors (Lipinski definition) is 2. The van der Waals surface area contributed by atoms with Gasteiger partial charge in [-0.25, -0.2) is 0 Å². The van der Waals surface area contributed by atoms with Gasteiger partial charge in [-0.3, -0.25) is 0 Å². The number of ether oxygens (including phenoxy) is 1. The molecule has 0 heterocycles. The van der Waals surface area contributed by atoms with Crippen molar-refractivity contribution in [2.45, 2.75) is 33.3 Å². The van der Waals surface area contributed by atoms with Gasteiger partial charge < -0.3 is 4.74 Å². The second kappa shape index (κ2) is 3.58. The van der Waals surface area contributed by atoms with E-state index < -0.39 is 0 Å². The van der Waals surface area contributed by atoms with E-state index in [2.05, 4.69) is 6.07 Å². The molecule has 1 atom stereocenters. The summed E-state index contributed by atoms with van der Waals surface area (Å²) >= 11 is 0. The maximum Gasteiger partial charge on any atom is 0.0677 e. The highest BCUT2D eigenvalue weighted by Crippen LogP contribution is 2.08. The highest BCUT2D eigenvalue weighted by molar-refractivity contribution is 4.78. The highest BCUT2D eigenvalue weighted by atomic mass is 16.5. The van der Waals surface area contributed by atoms with Crippen LogP contribution >= 0.6 is 0 Å². The number of nitrogens with zero attached hydrogens (tertiary/aromatic N) is 1. The summed E-state index contributed by atoms with van der Waals surface area (Å²) in [7, 11) is 0. The van der Waals surface area contributed by atoms with Gasteiger partial charge >= 0.3 is 0 Å². The quantitative estimate of drug-likeness (QED) is 0.589. The Morgan fingerprint density at radius 2 is 2.00 bits per heavy atom. The van der Waals surface area contributed by atoms with E-state index in [0.717, 1.165) is 0 Å². The van der Waals surface area contributed by atoms with Gasteiger partial charge in [0, 0.05) is 0 Å². The third kappa shape index (κ3) is 5.58. The third-order valence-corrected chi connectivity index (χ3v) is 0.987. The van der Waals surface area contributed by atoms with E-state index >= 15 is 0 Å². The molecule has 0 spiro atoms.